The summed E-state index contributed by atoms with van der Waals surface area (Å²) in [5.41, 5.74) is 1.13. The van der Waals surface area contributed by atoms with Gasteiger partial charge in [0.2, 0.25) is 6.54 Å². The molecule has 130 valence electrons. The van der Waals surface area contributed by atoms with Crippen molar-refractivity contribution >= 4 is 11.9 Å². The molecule has 1 aliphatic carbocycles. The minimum atomic E-state index is -0.335. The summed E-state index contributed by atoms with van der Waals surface area (Å²) in [5.74, 6) is 0.0332. The summed E-state index contributed by atoms with van der Waals surface area (Å²) in [4.78, 5) is 23.3. The number of Topliss-reactive ketones (excluding diaryl/α,β-unsaturated/α-hetero) is 1. The molecule has 0 bridgehead atoms. The van der Waals surface area contributed by atoms with Crippen molar-refractivity contribution in [3.63, 3.8) is 0 Å². The molecule has 4 nitrogen and oxygen atoms in total. The van der Waals surface area contributed by atoms with Gasteiger partial charge in [-0.05, 0) is 29.7 Å². The van der Waals surface area contributed by atoms with E-state index in [4.69, 9.17) is 0 Å². The lowest BCUT2D eigenvalue weighted by atomic mass is 9.66. The Morgan fingerprint density at radius 3 is 2.54 bits per heavy atom. The maximum absolute atomic E-state index is 12.4. The van der Waals surface area contributed by atoms with Crippen molar-refractivity contribution < 1.29 is 9.72 Å². The van der Waals surface area contributed by atoms with Crippen LogP contribution in [0.5, 0.6) is 0 Å². The Kier molecular flexibility index (Phi) is 5.92. The first kappa shape index (κ1) is 18.4. The van der Waals surface area contributed by atoms with Crippen LogP contribution in [0.3, 0.4) is 0 Å². The summed E-state index contributed by atoms with van der Waals surface area (Å²) in [5, 5.41) is 11.1. The lowest BCUT2D eigenvalue weighted by Crippen LogP contribution is -2.37. The molecule has 0 aliphatic heterocycles. The number of rotatable bonds is 5. The molecule has 24 heavy (non-hydrogen) atoms. The number of hydrogen-bond acceptors (Lipinski definition) is 3. The Labute approximate surface area is 144 Å². The Morgan fingerprint density at radius 1 is 1.29 bits per heavy atom. The minimum Gasteiger partial charge on any atom is -0.299 e. The van der Waals surface area contributed by atoms with Crippen molar-refractivity contribution in [2.24, 2.45) is 23.2 Å². The molecular formula is C20H27NO3. The van der Waals surface area contributed by atoms with Gasteiger partial charge in [0.1, 0.15) is 5.78 Å². The van der Waals surface area contributed by atoms with E-state index in [1.165, 1.54) is 0 Å². The summed E-state index contributed by atoms with van der Waals surface area (Å²) < 4.78 is 0. The second-order valence-corrected chi connectivity index (χ2v) is 7.86. The highest BCUT2D eigenvalue weighted by Crippen LogP contribution is 2.41. The topological polar surface area (TPSA) is 60.2 Å². The van der Waals surface area contributed by atoms with Crippen molar-refractivity contribution in [1.82, 2.24) is 0 Å². The van der Waals surface area contributed by atoms with Gasteiger partial charge in [0.05, 0.1) is 5.92 Å². The van der Waals surface area contributed by atoms with Gasteiger partial charge in [0.25, 0.3) is 0 Å². The summed E-state index contributed by atoms with van der Waals surface area (Å²) in [6.07, 6.45) is 5.96. The average Bonchev–Trinajstić information content (AvgIpc) is 2.51. The third-order valence-electron chi connectivity index (χ3n) is 5.13. The van der Waals surface area contributed by atoms with Crippen LogP contribution in [0.2, 0.25) is 0 Å². The Morgan fingerprint density at radius 2 is 1.96 bits per heavy atom. The van der Waals surface area contributed by atoms with Gasteiger partial charge >= 0.3 is 0 Å². The van der Waals surface area contributed by atoms with E-state index in [2.05, 4.69) is 20.8 Å². The Hall–Kier alpha value is -1.97. The van der Waals surface area contributed by atoms with Crippen molar-refractivity contribution in [3.8, 4) is 0 Å². The summed E-state index contributed by atoms with van der Waals surface area (Å²) >= 11 is 0. The van der Waals surface area contributed by atoms with E-state index in [-0.39, 0.29) is 34.5 Å². The van der Waals surface area contributed by atoms with Crippen LogP contribution in [-0.4, -0.2) is 17.3 Å². The maximum Gasteiger partial charge on any atom is 0.210 e. The lowest BCUT2D eigenvalue weighted by molar-refractivity contribution is -0.487. The summed E-state index contributed by atoms with van der Waals surface area (Å²) in [6, 6.07) is 9.72. The molecule has 0 N–H and O–H groups in total. The quantitative estimate of drug-likeness (QED) is 0.585. The first-order chi connectivity index (χ1) is 11.3. The van der Waals surface area contributed by atoms with Crippen LogP contribution in [0.15, 0.2) is 36.4 Å². The third kappa shape index (κ3) is 5.02. The molecule has 1 aromatic rings. The molecule has 4 heteroatoms. The zero-order valence-corrected chi connectivity index (χ0v) is 14.8. The molecular weight excluding hydrogens is 302 g/mol. The van der Waals surface area contributed by atoms with Crippen LogP contribution in [0.1, 0.15) is 45.6 Å². The van der Waals surface area contributed by atoms with Gasteiger partial charge < -0.3 is 0 Å². The molecule has 1 saturated carbocycles. The number of nitro groups is 1. The van der Waals surface area contributed by atoms with Crippen LogP contribution in [0.4, 0.5) is 0 Å². The van der Waals surface area contributed by atoms with Crippen LogP contribution in [0.25, 0.3) is 6.08 Å². The van der Waals surface area contributed by atoms with E-state index in [1.807, 2.05) is 42.5 Å². The molecule has 2 rings (SSSR count). The van der Waals surface area contributed by atoms with E-state index in [0.717, 1.165) is 18.4 Å². The Balaban J connectivity index is 2.20. The predicted molar refractivity (Wildman–Crippen MR) is 96.1 cm³/mol. The van der Waals surface area contributed by atoms with Gasteiger partial charge in [-0.1, -0.05) is 63.3 Å². The molecule has 1 aliphatic rings. The fourth-order valence-corrected chi connectivity index (χ4v) is 3.55. The van der Waals surface area contributed by atoms with Crippen molar-refractivity contribution in [2.45, 2.75) is 40.0 Å². The van der Waals surface area contributed by atoms with E-state index >= 15 is 0 Å². The number of nitrogens with zero attached hydrogens (tertiary/aromatic N) is 1. The monoisotopic (exact) mass is 329 g/mol. The zero-order chi connectivity index (χ0) is 17.7. The van der Waals surface area contributed by atoms with Crippen LogP contribution >= 0.6 is 0 Å². The van der Waals surface area contributed by atoms with Crippen molar-refractivity contribution in [1.29, 1.82) is 0 Å². The molecule has 0 saturated heterocycles. The van der Waals surface area contributed by atoms with Gasteiger partial charge in [-0.3, -0.25) is 14.9 Å². The molecule has 0 heterocycles. The van der Waals surface area contributed by atoms with E-state index in [0.29, 0.717) is 12.3 Å². The van der Waals surface area contributed by atoms with Crippen LogP contribution in [-0.2, 0) is 4.79 Å². The van der Waals surface area contributed by atoms with Crippen molar-refractivity contribution in [3.05, 3.63) is 52.1 Å². The molecule has 0 unspecified atom stereocenters. The summed E-state index contributed by atoms with van der Waals surface area (Å²) in [7, 11) is 0. The van der Waals surface area contributed by atoms with Gasteiger partial charge in [-0.25, -0.2) is 0 Å². The highest BCUT2D eigenvalue weighted by Gasteiger charge is 2.39. The first-order valence-corrected chi connectivity index (χ1v) is 8.65. The van der Waals surface area contributed by atoms with E-state index < -0.39 is 0 Å². The zero-order valence-electron chi connectivity index (χ0n) is 14.8. The highest BCUT2D eigenvalue weighted by molar-refractivity contribution is 5.82. The maximum atomic E-state index is 12.4. The SMILES string of the molecule is CC(C)(C)[C@H]1CCC(=O)[C@H]([C@H](/C=C/c2ccccc2)C[N+](=O)[O-])C1. The molecule has 0 amide bonds. The largest absolute Gasteiger partial charge is 0.299 e. The highest BCUT2D eigenvalue weighted by atomic mass is 16.6. The van der Waals surface area contributed by atoms with Crippen molar-refractivity contribution in [2.75, 3.05) is 6.54 Å². The third-order valence-corrected chi connectivity index (χ3v) is 5.13. The van der Waals surface area contributed by atoms with Gasteiger partial charge in [-0.2, -0.15) is 0 Å². The fraction of sp³-hybridized carbons (Fsp3) is 0.550. The molecule has 3 atom stereocenters. The van der Waals surface area contributed by atoms with Crippen LogP contribution < -0.4 is 0 Å². The normalized spacial score (nSPS) is 23.4. The van der Waals surface area contributed by atoms with Gasteiger partial charge in [0.15, 0.2) is 0 Å². The fourth-order valence-electron chi connectivity index (χ4n) is 3.55. The van der Waals surface area contributed by atoms with E-state index in [9.17, 15) is 14.9 Å². The van der Waals surface area contributed by atoms with Gasteiger partial charge in [0, 0.05) is 17.3 Å². The second kappa shape index (κ2) is 7.73. The van der Waals surface area contributed by atoms with E-state index in [1.54, 1.807) is 0 Å². The predicted octanol–water partition coefficient (Wildman–Crippen LogP) is 4.62. The summed E-state index contributed by atoms with van der Waals surface area (Å²) in [6.45, 7) is 6.38. The standard InChI is InChI=1S/C20H27NO3/c1-20(2,3)17-11-12-19(22)18(13-17)16(14-21(23)24)10-9-15-7-5-4-6-8-15/h4-10,16-18H,11-14H2,1-3H3/b10-9+/t16-,17+,18+/m1/s1. The minimum absolute atomic E-state index is 0.126. The molecule has 1 aromatic carbocycles. The molecule has 0 radical (unpaired) electrons. The number of hydrogen-bond donors (Lipinski definition) is 0. The van der Waals surface area contributed by atoms with Crippen LogP contribution in [0, 0.1) is 33.3 Å². The number of benzene rings is 1. The number of ketones is 1. The van der Waals surface area contributed by atoms with Gasteiger partial charge in [-0.15, -0.1) is 0 Å². The molecule has 0 aromatic heterocycles. The number of carbonyl (C=O) groups is 1. The molecule has 0 spiro atoms. The first-order valence-electron chi connectivity index (χ1n) is 8.65. The number of carbonyl (C=O) groups excluding carboxylic acids is 1. The average molecular weight is 329 g/mol. The second-order valence-electron chi connectivity index (χ2n) is 7.86. The Bertz CT molecular complexity index is 601. The lowest BCUT2D eigenvalue weighted by Gasteiger charge is -2.38. The molecule has 1 fully saturated rings. The smallest absolute Gasteiger partial charge is 0.210 e.